The van der Waals surface area contributed by atoms with Crippen molar-refractivity contribution < 1.29 is 9.84 Å². The number of thioether (sulfide) groups is 1. The first-order valence-electron chi connectivity index (χ1n) is 7.10. The maximum Gasteiger partial charge on any atom is 0.119 e. The quantitative estimate of drug-likeness (QED) is 0.791. The second-order valence-electron chi connectivity index (χ2n) is 5.17. The molecule has 0 fully saturated rings. The predicted molar refractivity (Wildman–Crippen MR) is 87.0 cm³/mol. The Kier molecular flexibility index (Phi) is 6.08. The molecule has 1 aromatic carbocycles. The van der Waals surface area contributed by atoms with Gasteiger partial charge in [-0.15, -0.1) is 11.8 Å². The van der Waals surface area contributed by atoms with Gasteiger partial charge in [0.25, 0.3) is 0 Å². The topological polar surface area (TPSA) is 42.4 Å². The molecular formula is C17H21NO2S. The van der Waals surface area contributed by atoms with Crippen LogP contribution in [0.3, 0.4) is 0 Å². The standard InChI is InChI=1S/C17H21NO2S/c1-13(2)14-6-8-16(9-7-14)20-11-15(19)12-21-17-5-3-4-10-18-17/h3-10,13,15,19H,11-12H2,1-2H3/t15-/m1/s1. The Bertz CT molecular complexity index is 528. The van der Waals surface area contributed by atoms with Crippen LogP contribution >= 0.6 is 11.8 Å². The highest BCUT2D eigenvalue weighted by Gasteiger charge is 2.07. The van der Waals surface area contributed by atoms with E-state index in [4.69, 9.17) is 4.74 Å². The number of benzene rings is 1. The van der Waals surface area contributed by atoms with Gasteiger partial charge >= 0.3 is 0 Å². The molecule has 1 N–H and O–H groups in total. The zero-order valence-corrected chi connectivity index (χ0v) is 13.2. The summed E-state index contributed by atoms with van der Waals surface area (Å²) in [6.07, 6.45) is 1.24. The smallest absolute Gasteiger partial charge is 0.119 e. The molecule has 0 saturated carbocycles. The van der Waals surface area contributed by atoms with E-state index in [9.17, 15) is 5.11 Å². The van der Waals surface area contributed by atoms with Crippen molar-refractivity contribution in [3.05, 3.63) is 54.2 Å². The van der Waals surface area contributed by atoms with Gasteiger partial charge in [0.05, 0.1) is 11.1 Å². The summed E-state index contributed by atoms with van der Waals surface area (Å²) in [4.78, 5) is 4.21. The van der Waals surface area contributed by atoms with E-state index in [0.717, 1.165) is 10.8 Å². The van der Waals surface area contributed by atoms with Crippen LogP contribution in [0, 0.1) is 0 Å². The summed E-state index contributed by atoms with van der Waals surface area (Å²) in [5.41, 5.74) is 1.29. The van der Waals surface area contributed by atoms with E-state index in [1.54, 1.807) is 6.20 Å². The summed E-state index contributed by atoms with van der Waals surface area (Å²) < 4.78 is 5.61. The zero-order chi connectivity index (χ0) is 15.1. The van der Waals surface area contributed by atoms with Crippen LogP contribution in [0.15, 0.2) is 53.7 Å². The summed E-state index contributed by atoms with van der Waals surface area (Å²) in [6, 6.07) is 13.8. The average molecular weight is 303 g/mol. The van der Waals surface area contributed by atoms with E-state index in [0.29, 0.717) is 18.3 Å². The van der Waals surface area contributed by atoms with E-state index in [-0.39, 0.29) is 0 Å². The lowest BCUT2D eigenvalue weighted by molar-refractivity contribution is 0.126. The lowest BCUT2D eigenvalue weighted by Gasteiger charge is -2.12. The average Bonchev–Trinajstić information content (AvgIpc) is 2.52. The third-order valence-electron chi connectivity index (χ3n) is 3.05. The van der Waals surface area contributed by atoms with E-state index in [2.05, 4.69) is 31.0 Å². The van der Waals surface area contributed by atoms with E-state index < -0.39 is 6.10 Å². The Morgan fingerprint density at radius 3 is 2.52 bits per heavy atom. The molecule has 0 aliphatic carbocycles. The maximum absolute atomic E-state index is 9.94. The van der Waals surface area contributed by atoms with Crippen LogP contribution in [0.1, 0.15) is 25.3 Å². The fourth-order valence-corrected chi connectivity index (χ4v) is 2.57. The molecule has 3 nitrogen and oxygen atoms in total. The molecule has 0 aliphatic heterocycles. The molecule has 0 saturated heterocycles. The highest BCUT2D eigenvalue weighted by Crippen LogP contribution is 2.19. The molecular weight excluding hydrogens is 282 g/mol. The highest BCUT2D eigenvalue weighted by atomic mass is 32.2. The third kappa shape index (κ3) is 5.40. The number of hydrogen-bond acceptors (Lipinski definition) is 4. The fourth-order valence-electron chi connectivity index (χ4n) is 1.80. The van der Waals surface area contributed by atoms with Gasteiger partial charge in [-0.1, -0.05) is 32.0 Å². The minimum absolute atomic E-state index is 0.293. The van der Waals surface area contributed by atoms with Gasteiger partial charge in [0.2, 0.25) is 0 Å². The molecule has 0 spiro atoms. The lowest BCUT2D eigenvalue weighted by Crippen LogP contribution is -2.20. The molecule has 112 valence electrons. The second kappa shape index (κ2) is 8.05. The van der Waals surface area contributed by atoms with Gasteiger partial charge in [-0.2, -0.15) is 0 Å². The second-order valence-corrected chi connectivity index (χ2v) is 6.21. The van der Waals surface area contributed by atoms with Crippen molar-refractivity contribution >= 4 is 11.8 Å². The SMILES string of the molecule is CC(C)c1ccc(OC[C@@H](O)CSc2ccccn2)cc1. The summed E-state index contributed by atoms with van der Waals surface area (Å²) in [5, 5.41) is 10.9. The van der Waals surface area contributed by atoms with Gasteiger partial charge in [0.15, 0.2) is 0 Å². The minimum Gasteiger partial charge on any atom is -0.491 e. The lowest BCUT2D eigenvalue weighted by atomic mass is 10.0. The molecule has 1 atom stereocenters. The van der Waals surface area contributed by atoms with Crippen molar-refractivity contribution in [2.24, 2.45) is 0 Å². The Labute approximate surface area is 130 Å². The van der Waals surface area contributed by atoms with Crippen LogP contribution < -0.4 is 4.74 Å². The summed E-state index contributed by atoms with van der Waals surface area (Å²) in [5.74, 6) is 1.88. The van der Waals surface area contributed by atoms with Crippen molar-refractivity contribution in [2.75, 3.05) is 12.4 Å². The Morgan fingerprint density at radius 1 is 1.14 bits per heavy atom. The van der Waals surface area contributed by atoms with Crippen molar-refractivity contribution in [2.45, 2.75) is 30.9 Å². The zero-order valence-electron chi connectivity index (χ0n) is 12.4. The molecule has 0 unspecified atom stereocenters. The molecule has 0 amide bonds. The van der Waals surface area contributed by atoms with Crippen LogP contribution in [0.2, 0.25) is 0 Å². The van der Waals surface area contributed by atoms with Crippen LogP contribution in [-0.4, -0.2) is 28.6 Å². The molecule has 2 aromatic rings. The van der Waals surface area contributed by atoms with Crippen LogP contribution in [0.25, 0.3) is 0 Å². The van der Waals surface area contributed by atoms with Gasteiger partial charge in [0.1, 0.15) is 12.4 Å². The van der Waals surface area contributed by atoms with E-state index in [1.165, 1.54) is 17.3 Å². The summed E-state index contributed by atoms with van der Waals surface area (Å²) in [6.45, 7) is 4.61. The fraction of sp³-hybridized carbons (Fsp3) is 0.353. The van der Waals surface area contributed by atoms with Crippen molar-refractivity contribution in [3.63, 3.8) is 0 Å². The highest BCUT2D eigenvalue weighted by molar-refractivity contribution is 7.99. The Morgan fingerprint density at radius 2 is 1.90 bits per heavy atom. The molecule has 4 heteroatoms. The number of aliphatic hydroxyl groups excluding tert-OH is 1. The largest absolute Gasteiger partial charge is 0.491 e. The predicted octanol–water partition coefficient (Wildman–Crippen LogP) is 3.74. The van der Waals surface area contributed by atoms with Crippen molar-refractivity contribution in [1.82, 2.24) is 4.98 Å². The van der Waals surface area contributed by atoms with Crippen molar-refractivity contribution in [3.8, 4) is 5.75 Å². The number of hydrogen-bond donors (Lipinski definition) is 1. The number of aromatic nitrogens is 1. The molecule has 21 heavy (non-hydrogen) atoms. The van der Waals surface area contributed by atoms with E-state index >= 15 is 0 Å². The van der Waals surface area contributed by atoms with Crippen LogP contribution in [-0.2, 0) is 0 Å². The Balaban J connectivity index is 1.74. The monoisotopic (exact) mass is 303 g/mol. The molecule has 0 bridgehead atoms. The Hall–Kier alpha value is -1.52. The van der Waals surface area contributed by atoms with Crippen molar-refractivity contribution in [1.29, 1.82) is 0 Å². The first-order valence-corrected chi connectivity index (χ1v) is 8.08. The summed E-state index contributed by atoms with van der Waals surface area (Å²) >= 11 is 1.53. The molecule has 0 radical (unpaired) electrons. The van der Waals surface area contributed by atoms with Gasteiger partial charge in [-0.3, -0.25) is 0 Å². The number of rotatable bonds is 7. The maximum atomic E-state index is 9.94. The van der Waals surface area contributed by atoms with Crippen LogP contribution in [0.5, 0.6) is 5.75 Å². The minimum atomic E-state index is -0.512. The summed E-state index contributed by atoms with van der Waals surface area (Å²) in [7, 11) is 0. The normalized spacial score (nSPS) is 12.4. The number of nitrogens with zero attached hydrogens (tertiary/aromatic N) is 1. The van der Waals surface area contributed by atoms with Gasteiger partial charge in [-0.05, 0) is 35.7 Å². The molecule has 2 rings (SSSR count). The van der Waals surface area contributed by atoms with E-state index in [1.807, 2.05) is 30.3 Å². The number of pyridine rings is 1. The van der Waals surface area contributed by atoms with Gasteiger partial charge < -0.3 is 9.84 Å². The molecule has 1 aromatic heterocycles. The first-order chi connectivity index (χ1) is 10.1. The molecule has 1 heterocycles. The van der Waals surface area contributed by atoms with Gasteiger partial charge in [-0.25, -0.2) is 4.98 Å². The number of aliphatic hydroxyl groups is 1. The third-order valence-corrected chi connectivity index (χ3v) is 4.14. The number of ether oxygens (including phenoxy) is 1. The van der Waals surface area contributed by atoms with Gasteiger partial charge in [0, 0.05) is 11.9 Å². The molecule has 0 aliphatic rings. The van der Waals surface area contributed by atoms with Crippen LogP contribution in [0.4, 0.5) is 0 Å². The first kappa shape index (κ1) is 15.9.